The standard InChI is InChI=1S/C45H29N3O/c1-4-12-30(13-5-1)32-22-24-34(25-23-32)44-46-43(33-16-8-3-9-17-33)47-45(48-44)37-26-27-39-40-21-11-20-38(42(40)49-41(39)29-37)36-19-10-18-35(28-36)31-14-6-2-7-15-31/h1-29H/i2D,6D,7D,10D,14D,15D,18D,19D. The molecule has 7 aromatic carbocycles. The first-order valence-electron chi connectivity index (χ1n) is 19.7. The lowest BCUT2D eigenvalue weighted by molar-refractivity contribution is 0.670. The maximum Gasteiger partial charge on any atom is 0.164 e. The summed E-state index contributed by atoms with van der Waals surface area (Å²) >= 11 is 0. The number of rotatable bonds is 6. The molecule has 0 fully saturated rings. The van der Waals surface area contributed by atoms with Crippen molar-refractivity contribution in [2.75, 3.05) is 0 Å². The number of fused-ring (bicyclic) bond motifs is 3. The van der Waals surface area contributed by atoms with E-state index in [0.717, 1.165) is 33.0 Å². The molecule has 9 rings (SSSR count). The van der Waals surface area contributed by atoms with Crippen LogP contribution in [0.25, 0.3) is 89.5 Å². The van der Waals surface area contributed by atoms with E-state index < -0.39 is 42.3 Å². The molecule has 0 saturated carbocycles. The molecule has 0 N–H and O–H groups in total. The topological polar surface area (TPSA) is 51.8 Å². The Bertz CT molecular complexity index is 3020. The quantitative estimate of drug-likeness (QED) is 0.182. The number of para-hydroxylation sites is 1. The summed E-state index contributed by atoms with van der Waals surface area (Å²) in [7, 11) is 0. The molecule has 0 aliphatic rings. The smallest absolute Gasteiger partial charge is 0.164 e. The first-order valence-corrected chi connectivity index (χ1v) is 15.7. The van der Waals surface area contributed by atoms with Crippen molar-refractivity contribution in [3.63, 3.8) is 0 Å². The number of hydrogen-bond donors (Lipinski definition) is 0. The van der Waals surface area contributed by atoms with E-state index in [4.69, 9.17) is 30.3 Å². The minimum Gasteiger partial charge on any atom is -0.455 e. The van der Waals surface area contributed by atoms with E-state index in [1.165, 1.54) is 6.07 Å². The van der Waals surface area contributed by atoms with Gasteiger partial charge in [0.1, 0.15) is 11.2 Å². The molecule has 9 aromatic rings. The van der Waals surface area contributed by atoms with E-state index in [1.54, 1.807) is 12.1 Å². The third-order valence-electron chi connectivity index (χ3n) is 8.42. The van der Waals surface area contributed by atoms with Crippen LogP contribution in [0.4, 0.5) is 0 Å². The zero-order valence-corrected chi connectivity index (χ0v) is 25.9. The van der Waals surface area contributed by atoms with Crippen molar-refractivity contribution >= 4 is 21.9 Å². The van der Waals surface area contributed by atoms with Crippen LogP contribution in [-0.2, 0) is 0 Å². The first kappa shape index (κ1) is 21.3. The fraction of sp³-hybridized carbons (Fsp3) is 0. The van der Waals surface area contributed by atoms with Crippen molar-refractivity contribution in [1.82, 2.24) is 15.0 Å². The molecule has 0 aliphatic heterocycles. The van der Waals surface area contributed by atoms with E-state index in [2.05, 4.69) is 12.1 Å². The summed E-state index contributed by atoms with van der Waals surface area (Å²) in [6.45, 7) is 0. The Labute approximate surface area is 295 Å². The first-order chi connectivity index (χ1) is 27.6. The van der Waals surface area contributed by atoms with Gasteiger partial charge in [0.2, 0.25) is 0 Å². The molecule has 0 spiro atoms. The number of furan rings is 1. The minimum atomic E-state index is -0.558. The summed E-state index contributed by atoms with van der Waals surface area (Å²) in [5.74, 6) is 1.46. The molecule has 0 unspecified atom stereocenters. The van der Waals surface area contributed by atoms with Crippen molar-refractivity contribution in [1.29, 1.82) is 0 Å². The molecule has 2 heterocycles. The van der Waals surface area contributed by atoms with Gasteiger partial charge in [0.25, 0.3) is 0 Å². The van der Waals surface area contributed by atoms with Gasteiger partial charge in [-0.05, 0) is 46.0 Å². The summed E-state index contributed by atoms with van der Waals surface area (Å²) in [5.41, 5.74) is 5.87. The van der Waals surface area contributed by atoms with Gasteiger partial charge in [-0.1, -0.05) is 158 Å². The number of benzene rings is 7. The van der Waals surface area contributed by atoms with Crippen molar-refractivity contribution in [3.05, 3.63) is 176 Å². The van der Waals surface area contributed by atoms with E-state index in [-0.39, 0.29) is 22.7 Å². The molecule has 2 aromatic heterocycles. The van der Waals surface area contributed by atoms with Crippen molar-refractivity contribution in [3.8, 4) is 67.5 Å². The second kappa shape index (κ2) is 12.2. The van der Waals surface area contributed by atoms with Gasteiger partial charge in [0.15, 0.2) is 17.5 Å². The fourth-order valence-corrected chi connectivity index (χ4v) is 5.99. The SMILES string of the molecule is [2H]c1c(-c2c([2H])c([2H])c([2H])c([2H])c2[2H])cc(-c2cccc3c2oc2cc(-c4nc(-c5ccccc5)nc(-c5ccc(-c6ccccc6)cc5)n4)ccc23)c([2H])c1[2H]. The van der Waals surface area contributed by atoms with Gasteiger partial charge in [-0.15, -0.1) is 0 Å². The molecule has 0 atom stereocenters. The van der Waals surface area contributed by atoms with Crippen LogP contribution in [0.5, 0.6) is 0 Å². The van der Waals surface area contributed by atoms with Gasteiger partial charge in [-0.2, -0.15) is 0 Å². The average Bonchev–Trinajstić information content (AvgIpc) is 3.64. The van der Waals surface area contributed by atoms with Gasteiger partial charge < -0.3 is 4.42 Å². The zero-order valence-electron chi connectivity index (χ0n) is 33.9. The Hall–Kier alpha value is -6.65. The Balaban J connectivity index is 1.18. The predicted octanol–water partition coefficient (Wildman–Crippen LogP) is 11.8. The Kier molecular flexibility index (Phi) is 5.29. The number of nitrogens with zero attached hydrogens (tertiary/aromatic N) is 3. The van der Waals surface area contributed by atoms with Crippen LogP contribution >= 0.6 is 0 Å². The van der Waals surface area contributed by atoms with Crippen LogP contribution < -0.4 is 0 Å². The lowest BCUT2D eigenvalue weighted by atomic mass is 9.97. The third kappa shape index (κ3) is 5.45. The summed E-state index contributed by atoms with van der Waals surface area (Å²) in [6, 6.07) is 36.7. The van der Waals surface area contributed by atoms with Crippen LogP contribution in [0.2, 0.25) is 0 Å². The summed E-state index contributed by atoms with van der Waals surface area (Å²) in [4.78, 5) is 14.7. The normalized spacial score (nSPS) is 13.6. The highest BCUT2D eigenvalue weighted by Crippen LogP contribution is 2.38. The molecular formula is C45H29N3O. The largest absolute Gasteiger partial charge is 0.455 e. The lowest BCUT2D eigenvalue weighted by Crippen LogP contribution is -2.00. The van der Waals surface area contributed by atoms with Gasteiger partial charge in [-0.3, -0.25) is 0 Å². The molecule has 0 aliphatic carbocycles. The highest BCUT2D eigenvalue weighted by molar-refractivity contribution is 6.10. The van der Waals surface area contributed by atoms with E-state index in [0.29, 0.717) is 39.8 Å². The predicted molar refractivity (Wildman–Crippen MR) is 200 cm³/mol. The van der Waals surface area contributed by atoms with E-state index in [9.17, 15) is 0 Å². The van der Waals surface area contributed by atoms with Gasteiger partial charge >= 0.3 is 0 Å². The van der Waals surface area contributed by atoms with Crippen molar-refractivity contribution in [2.24, 2.45) is 0 Å². The summed E-state index contributed by atoms with van der Waals surface area (Å²) < 4.78 is 74.2. The second-order valence-electron chi connectivity index (χ2n) is 11.5. The fourth-order valence-electron chi connectivity index (χ4n) is 5.99. The molecule has 49 heavy (non-hydrogen) atoms. The van der Waals surface area contributed by atoms with Crippen LogP contribution in [-0.4, -0.2) is 15.0 Å². The highest BCUT2D eigenvalue weighted by atomic mass is 16.3. The van der Waals surface area contributed by atoms with Crippen LogP contribution in [0.1, 0.15) is 11.0 Å². The molecule has 0 radical (unpaired) electrons. The molecular weight excluding hydrogens is 599 g/mol. The Morgan fingerprint density at radius 2 is 0.959 bits per heavy atom. The van der Waals surface area contributed by atoms with E-state index >= 15 is 0 Å². The monoisotopic (exact) mass is 635 g/mol. The van der Waals surface area contributed by atoms with Gasteiger partial charge in [0.05, 0.1) is 11.0 Å². The van der Waals surface area contributed by atoms with Crippen molar-refractivity contribution < 1.29 is 15.4 Å². The summed E-state index contributed by atoms with van der Waals surface area (Å²) in [6.07, 6.45) is 0. The van der Waals surface area contributed by atoms with Gasteiger partial charge in [0, 0.05) is 33.0 Å². The minimum absolute atomic E-state index is 0.0482. The van der Waals surface area contributed by atoms with E-state index in [1.807, 2.05) is 97.1 Å². The second-order valence-corrected chi connectivity index (χ2v) is 11.5. The maximum absolute atomic E-state index is 8.88. The number of hydrogen-bond acceptors (Lipinski definition) is 4. The zero-order chi connectivity index (χ0) is 39.5. The third-order valence-corrected chi connectivity index (χ3v) is 8.42. The van der Waals surface area contributed by atoms with Crippen LogP contribution in [0, 0.1) is 0 Å². The number of aromatic nitrogens is 3. The highest BCUT2D eigenvalue weighted by Gasteiger charge is 2.17. The molecule has 0 bridgehead atoms. The van der Waals surface area contributed by atoms with Crippen LogP contribution in [0.15, 0.2) is 180 Å². The molecule has 0 saturated heterocycles. The Morgan fingerprint density at radius 1 is 0.388 bits per heavy atom. The molecule has 4 heteroatoms. The van der Waals surface area contributed by atoms with Crippen LogP contribution in [0.3, 0.4) is 0 Å². The average molecular weight is 636 g/mol. The molecule has 0 amide bonds. The summed E-state index contributed by atoms with van der Waals surface area (Å²) in [5, 5.41) is 1.52. The van der Waals surface area contributed by atoms with Gasteiger partial charge in [-0.25, -0.2) is 15.0 Å². The van der Waals surface area contributed by atoms with Crippen molar-refractivity contribution in [2.45, 2.75) is 0 Å². The molecule has 4 nitrogen and oxygen atoms in total. The lowest BCUT2D eigenvalue weighted by Gasteiger charge is -2.09. The molecule has 230 valence electrons. The Morgan fingerprint density at radius 3 is 1.69 bits per heavy atom. The maximum atomic E-state index is 8.88.